The van der Waals surface area contributed by atoms with Crippen LogP contribution in [0.15, 0.2) is 48.9 Å². The number of allylic oxidation sites excluding steroid dienone is 4. The van der Waals surface area contributed by atoms with Gasteiger partial charge in [0.05, 0.1) is 18.7 Å². The summed E-state index contributed by atoms with van der Waals surface area (Å²) in [6.45, 7) is 6.95. The Morgan fingerprint density at radius 2 is 2.16 bits per heavy atom. The van der Waals surface area contributed by atoms with Crippen molar-refractivity contribution in [3.63, 3.8) is 0 Å². The average molecular weight is 284 g/mol. The van der Waals surface area contributed by atoms with Crippen molar-refractivity contribution in [2.24, 2.45) is 0 Å². The third-order valence-electron chi connectivity index (χ3n) is 2.31. The molecule has 0 aromatic carbocycles. The molecule has 1 unspecified atom stereocenters. The van der Waals surface area contributed by atoms with Gasteiger partial charge in [-0.25, -0.2) is 0 Å². The van der Waals surface area contributed by atoms with Crippen LogP contribution in [0.1, 0.15) is 6.42 Å². The number of carboxylic acids is 1. The van der Waals surface area contributed by atoms with Crippen LogP contribution in [0.5, 0.6) is 0 Å². The maximum absolute atomic E-state index is 11.2. The Labute approximate surface area is 113 Å². The van der Waals surface area contributed by atoms with Gasteiger partial charge in [0.25, 0.3) is 0 Å². The SMILES string of the molecule is C=C/C=C1/O[C@@H](CC(=O)O)CN(S(=O)[O-])/C1=C/C=C. The van der Waals surface area contributed by atoms with E-state index < -0.39 is 23.3 Å². The van der Waals surface area contributed by atoms with Gasteiger partial charge in [0, 0.05) is 11.3 Å². The number of nitrogens with zero attached hydrogens (tertiary/aromatic N) is 1. The molecular formula is C12H14NO5S-. The molecule has 0 bridgehead atoms. The zero-order valence-electron chi connectivity index (χ0n) is 10.2. The zero-order valence-corrected chi connectivity index (χ0v) is 11.0. The van der Waals surface area contributed by atoms with Gasteiger partial charge in [-0.3, -0.25) is 13.3 Å². The standard InChI is InChI=1S/C12H15NO5S/c1-3-5-10-11(6-4-2)18-9(7-12(14)15)8-13(10)19(16)17/h3-6,9H,1-2,7-8H2,(H,14,15)(H,16,17)/p-1/b10-5+,11-6+/t9-/m0/s1. The first kappa shape index (κ1) is 15.2. The van der Waals surface area contributed by atoms with Crippen molar-refractivity contribution in [3.05, 3.63) is 48.9 Å². The lowest BCUT2D eigenvalue weighted by molar-refractivity contribution is -0.139. The molecule has 7 heteroatoms. The summed E-state index contributed by atoms with van der Waals surface area (Å²) >= 11 is -2.52. The minimum atomic E-state index is -2.52. The van der Waals surface area contributed by atoms with Gasteiger partial charge in [0.1, 0.15) is 11.9 Å². The molecule has 1 N–H and O–H groups in total. The van der Waals surface area contributed by atoms with Crippen LogP contribution in [0.3, 0.4) is 0 Å². The number of ether oxygens (including phenoxy) is 1. The average Bonchev–Trinajstić information content (AvgIpc) is 2.31. The van der Waals surface area contributed by atoms with Crippen molar-refractivity contribution >= 4 is 17.2 Å². The van der Waals surface area contributed by atoms with Crippen molar-refractivity contribution in [2.75, 3.05) is 6.54 Å². The minimum absolute atomic E-state index is 0.0590. The first-order valence-corrected chi connectivity index (χ1v) is 6.44. The summed E-state index contributed by atoms with van der Waals surface area (Å²) in [4.78, 5) is 10.7. The number of rotatable bonds is 5. The first-order chi connectivity index (χ1) is 8.99. The fourth-order valence-corrected chi connectivity index (χ4v) is 2.23. The van der Waals surface area contributed by atoms with Gasteiger partial charge in [0.2, 0.25) is 0 Å². The van der Waals surface area contributed by atoms with Crippen molar-refractivity contribution in [2.45, 2.75) is 12.5 Å². The van der Waals surface area contributed by atoms with Gasteiger partial charge in [-0.1, -0.05) is 25.3 Å². The lowest BCUT2D eigenvalue weighted by Crippen LogP contribution is -2.41. The van der Waals surface area contributed by atoms with E-state index >= 15 is 0 Å². The second-order valence-corrected chi connectivity index (χ2v) is 4.55. The Morgan fingerprint density at radius 1 is 1.53 bits per heavy atom. The third-order valence-corrected chi connectivity index (χ3v) is 3.02. The number of carboxylic acid groups (broad SMARTS) is 1. The monoisotopic (exact) mass is 284 g/mol. The lowest BCUT2D eigenvalue weighted by Gasteiger charge is -2.38. The van der Waals surface area contributed by atoms with Crippen LogP contribution in [0.2, 0.25) is 0 Å². The molecule has 104 valence electrons. The van der Waals surface area contributed by atoms with Crippen LogP contribution < -0.4 is 0 Å². The number of hydrogen-bond donors (Lipinski definition) is 1. The van der Waals surface area contributed by atoms with E-state index in [4.69, 9.17) is 9.84 Å². The molecule has 0 spiro atoms. The summed E-state index contributed by atoms with van der Waals surface area (Å²) in [5, 5.41) is 8.75. The van der Waals surface area contributed by atoms with E-state index in [2.05, 4.69) is 13.2 Å². The summed E-state index contributed by atoms with van der Waals surface area (Å²) < 4.78 is 28.9. The Morgan fingerprint density at radius 3 is 2.63 bits per heavy atom. The lowest BCUT2D eigenvalue weighted by atomic mass is 10.2. The van der Waals surface area contributed by atoms with E-state index in [0.29, 0.717) is 5.70 Å². The van der Waals surface area contributed by atoms with Gasteiger partial charge < -0.3 is 14.4 Å². The highest BCUT2D eigenvalue weighted by atomic mass is 32.2. The van der Waals surface area contributed by atoms with Crippen LogP contribution in [0.25, 0.3) is 0 Å². The topological polar surface area (TPSA) is 89.9 Å². The summed E-state index contributed by atoms with van der Waals surface area (Å²) in [5.41, 5.74) is 0.296. The maximum Gasteiger partial charge on any atom is 0.307 e. The largest absolute Gasteiger partial charge is 0.755 e. The van der Waals surface area contributed by atoms with E-state index in [1.54, 1.807) is 0 Å². The highest BCUT2D eigenvalue weighted by Crippen LogP contribution is 2.27. The Balaban J connectivity index is 3.11. The maximum atomic E-state index is 11.2. The van der Waals surface area contributed by atoms with Crippen LogP contribution in [0, 0.1) is 0 Å². The molecule has 0 aromatic rings. The predicted octanol–water partition coefficient (Wildman–Crippen LogP) is 1.10. The Hall–Kier alpha value is -1.86. The van der Waals surface area contributed by atoms with Gasteiger partial charge in [0.15, 0.2) is 0 Å². The second kappa shape index (κ2) is 6.91. The van der Waals surface area contributed by atoms with E-state index in [-0.39, 0.29) is 18.7 Å². The summed E-state index contributed by atoms with van der Waals surface area (Å²) in [6, 6.07) is 0. The van der Waals surface area contributed by atoms with Crippen LogP contribution in [-0.4, -0.2) is 36.8 Å². The Bertz CT molecular complexity index is 469. The molecule has 0 saturated carbocycles. The molecular weight excluding hydrogens is 270 g/mol. The van der Waals surface area contributed by atoms with Crippen molar-refractivity contribution in [1.29, 1.82) is 0 Å². The highest BCUT2D eigenvalue weighted by molar-refractivity contribution is 7.76. The molecule has 1 aliphatic heterocycles. The van der Waals surface area contributed by atoms with E-state index in [1.807, 2.05) is 0 Å². The smallest absolute Gasteiger partial charge is 0.307 e. The fourth-order valence-electron chi connectivity index (χ4n) is 1.63. The van der Waals surface area contributed by atoms with Crippen molar-refractivity contribution < 1.29 is 23.4 Å². The molecule has 0 aliphatic carbocycles. The van der Waals surface area contributed by atoms with E-state index in [9.17, 15) is 13.6 Å². The van der Waals surface area contributed by atoms with Gasteiger partial charge in [-0.2, -0.15) is 0 Å². The summed E-state index contributed by atoms with van der Waals surface area (Å²) in [5.74, 6) is -0.813. The number of aliphatic carboxylic acids is 1. The molecule has 6 nitrogen and oxygen atoms in total. The van der Waals surface area contributed by atoms with Gasteiger partial charge in [-0.15, -0.1) is 0 Å². The molecule has 19 heavy (non-hydrogen) atoms. The third kappa shape index (κ3) is 4.08. The molecule has 0 amide bonds. The molecule has 1 saturated heterocycles. The molecule has 0 radical (unpaired) electrons. The molecule has 1 heterocycles. The molecule has 0 aromatic heterocycles. The Kier molecular flexibility index (Phi) is 5.53. The van der Waals surface area contributed by atoms with Crippen LogP contribution >= 0.6 is 0 Å². The fraction of sp³-hybridized carbons (Fsp3) is 0.250. The van der Waals surface area contributed by atoms with Crippen molar-refractivity contribution in [3.8, 4) is 0 Å². The van der Waals surface area contributed by atoms with Crippen molar-refractivity contribution in [1.82, 2.24) is 4.31 Å². The number of morpholine rings is 1. The molecule has 1 rings (SSSR count). The normalized spacial score (nSPS) is 24.9. The second-order valence-electron chi connectivity index (χ2n) is 3.67. The van der Waals surface area contributed by atoms with E-state index in [0.717, 1.165) is 4.31 Å². The quantitative estimate of drug-likeness (QED) is 0.763. The molecule has 1 fully saturated rings. The number of carbonyl (C=O) groups is 1. The van der Waals surface area contributed by atoms with Gasteiger partial charge in [-0.05, 0) is 12.2 Å². The highest BCUT2D eigenvalue weighted by Gasteiger charge is 2.29. The van der Waals surface area contributed by atoms with Crippen LogP contribution in [0.4, 0.5) is 0 Å². The van der Waals surface area contributed by atoms with Crippen LogP contribution in [-0.2, 0) is 20.8 Å². The zero-order chi connectivity index (χ0) is 14.4. The van der Waals surface area contributed by atoms with Gasteiger partial charge >= 0.3 is 5.97 Å². The minimum Gasteiger partial charge on any atom is -0.755 e. The van der Waals surface area contributed by atoms with E-state index in [1.165, 1.54) is 24.3 Å². The first-order valence-electron chi connectivity index (χ1n) is 5.40. The number of hydrogen-bond acceptors (Lipinski definition) is 4. The molecule has 1 aliphatic rings. The summed E-state index contributed by atoms with van der Waals surface area (Å²) in [6.07, 6.45) is 4.77. The molecule has 2 atom stereocenters. The predicted molar refractivity (Wildman–Crippen MR) is 69.3 cm³/mol. The summed E-state index contributed by atoms with van der Waals surface area (Å²) in [7, 11) is 0.